The molecule has 2 rings (SSSR count). The van der Waals surface area contributed by atoms with Crippen LogP contribution in [0.3, 0.4) is 0 Å². The van der Waals surface area contributed by atoms with Gasteiger partial charge in [0, 0.05) is 10.8 Å². The molecule has 116 valence electrons. The molecule has 1 fully saturated rings. The number of alkyl halides is 3. The van der Waals surface area contributed by atoms with E-state index in [2.05, 4.69) is 12.6 Å². The van der Waals surface area contributed by atoms with Crippen molar-refractivity contribution in [3.63, 3.8) is 0 Å². The van der Waals surface area contributed by atoms with Crippen LogP contribution in [0.25, 0.3) is 0 Å². The van der Waals surface area contributed by atoms with E-state index in [1.165, 1.54) is 6.07 Å². The summed E-state index contributed by atoms with van der Waals surface area (Å²) in [5.41, 5.74) is -1.58. The van der Waals surface area contributed by atoms with E-state index in [-0.39, 0.29) is 10.8 Å². The van der Waals surface area contributed by atoms with Crippen LogP contribution in [0.4, 0.5) is 18.9 Å². The summed E-state index contributed by atoms with van der Waals surface area (Å²) in [4.78, 5) is 23.8. The molecule has 0 bridgehead atoms. The van der Waals surface area contributed by atoms with Crippen LogP contribution in [0.1, 0.15) is 18.4 Å². The van der Waals surface area contributed by atoms with E-state index in [1.807, 2.05) is 5.32 Å². The zero-order valence-corrected chi connectivity index (χ0v) is 12.0. The predicted molar refractivity (Wildman–Crippen MR) is 74.2 cm³/mol. The lowest BCUT2D eigenvalue weighted by Crippen LogP contribution is -2.30. The Morgan fingerprint density at radius 2 is 2.00 bits per heavy atom. The second-order valence-corrected chi connectivity index (χ2v) is 5.47. The Morgan fingerprint density at radius 1 is 1.36 bits per heavy atom. The Labute approximate surface area is 129 Å². The normalized spacial score (nSPS) is 15.8. The molecular formula is C14H11F3N2O2S. The van der Waals surface area contributed by atoms with Gasteiger partial charge in [-0.2, -0.15) is 18.4 Å². The van der Waals surface area contributed by atoms with Crippen LogP contribution in [0.15, 0.2) is 23.1 Å². The van der Waals surface area contributed by atoms with Gasteiger partial charge in [0.05, 0.1) is 17.3 Å². The third-order valence-electron chi connectivity index (χ3n) is 3.22. The zero-order chi connectivity index (χ0) is 16.5. The monoisotopic (exact) mass is 328 g/mol. The average Bonchev–Trinajstić information content (AvgIpc) is 3.24. The second kappa shape index (κ2) is 6.01. The number of nitriles is 1. The van der Waals surface area contributed by atoms with Gasteiger partial charge in [0.1, 0.15) is 0 Å². The number of hydrogen-bond donors (Lipinski definition) is 2. The highest BCUT2D eigenvalue weighted by molar-refractivity contribution is 7.80. The largest absolute Gasteiger partial charge is 0.418 e. The van der Waals surface area contributed by atoms with Gasteiger partial charge in [0.25, 0.3) is 0 Å². The number of carbonyl (C=O) groups is 2. The number of rotatable bonds is 4. The maximum absolute atomic E-state index is 12.9. The van der Waals surface area contributed by atoms with Crippen molar-refractivity contribution in [2.24, 2.45) is 11.8 Å². The fourth-order valence-corrected chi connectivity index (χ4v) is 2.14. The van der Waals surface area contributed by atoms with Gasteiger partial charge >= 0.3 is 6.18 Å². The van der Waals surface area contributed by atoms with E-state index < -0.39 is 35.0 Å². The van der Waals surface area contributed by atoms with Gasteiger partial charge in [-0.25, -0.2) is 0 Å². The lowest BCUT2D eigenvalue weighted by molar-refractivity contribution is -0.137. The molecule has 1 saturated carbocycles. The number of amides is 1. The molecule has 1 aliphatic rings. The molecule has 0 heterocycles. The molecule has 0 radical (unpaired) electrons. The van der Waals surface area contributed by atoms with E-state index in [1.54, 1.807) is 6.07 Å². The molecular weight excluding hydrogens is 317 g/mol. The summed E-state index contributed by atoms with van der Waals surface area (Å²) >= 11 is 3.83. The van der Waals surface area contributed by atoms with E-state index in [0.29, 0.717) is 12.8 Å². The molecule has 8 heteroatoms. The van der Waals surface area contributed by atoms with Crippen molar-refractivity contribution >= 4 is 30.0 Å². The van der Waals surface area contributed by atoms with E-state index in [9.17, 15) is 22.8 Å². The molecule has 4 nitrogen and oxygen atoms in total. The third kappa shape index (κ3) is 3.60. The number of nitrogens with zero attached hydrogens (tertiary/aromatic N) is 1. The number of halogens is 3. The first-order valence-corrected chi connectivity index (χ1v) is 6.83. The first-order chi connectivity index (χ1) is 10.2. The molecule has 22 heavy (non-hydrogen) atoms. The molecule has 0 saturated heterocycles. The van der Waals surface area contributed by atoms with Crippen molar-refractivity contribution in [3.05, 3.63) is 23.8 Å². The van der Waals surface area contributed by atoms with Gasteiger partial charge in [0.2, 0.25) is 5.91 Å². The fourth-order valence-electron chi connectivity index (χ4n) is 1.94. The Hall–Kier alpha value is -2.01. The summed E-state index contributed by atoms with van der Waals surface area (Å²) < 4.78 is 38.8. The number of benzene rings is 1. The average molecular weight is 328 g/mol. The first kappa shape index (κ1) is 16.4. The summed E-state index contributed by atoms with van der Waals surface area (Å²) in [7, 11) is 0. The van der Waals surface area contributed by atoms with E-state index in [4.69, 9.17) is 5.26 Å². The lowest BCUT2D eigenvalue weighted by Gasteiger charge is -2.15. The number of Topliss-reactive ketones (excluding diaryl/α,β-unsaturated/α-hetero) is 1. The maximum Gasteiger partial charge on any atom is 0.418 e. The third-order valence-corrected chi connectivity index (χ3v) is 3.50. The molecule has 1 amide bonds. The van der Waals surface area contributed by atoms with Crippen LogP contribution >= 0.6 is 12.6 Å². The summed E-state index contributed by atoms with van der Waals surface area (Å²) in [6.45, 7) is 0. The van der Waals surface area contributed by atoms with Crippen molar-refractivity contribution in [1.82, 2.24) is 0 Å². The number of nitrogens with one attached hydrogen (secondary N) is 1. The van der Waals surface area contributed by atoms with E-state index in [0.717, 1.165) is 12.1 Å². The van der Waals surface area contributed by atoms with Crippen LogP contribution < -0.4 is 5.32 Å². The van der Waals surface area contributed by atoms with Crippen LogP contribution in [0.5, 0.6) is 0 Å². The summed E-state index contributed by atoms with van der Waals surface area (Å²) in [5.74, 6) is -3.52. The molecule has 1 aromatic rings. The molecule has 0 spiro atoms. The van der Waals surface area contributed by atoms with E-state index >= 15 is 0 Å². The molecule has 1 unspecified atom stereocenters. The minimum Gasteiger partial charge on any atom is -0.324 e. The van der Waals surface area contributed by atoms with Gasteiger partial charge < -0.3 is 5.32 Å². The van der Waals surface area contributed by atoms with Crippen LogP contribution in [-0.4, -0.2) is 11.7 Å². The molecule has 1 aliphatic carbocycles. The first-order valence-electron chi connectivity index (χ1n) is 6.38. The van der Waals surface area contributed by atoms with Crippen LogP contribution in [0, 0.1) is 23.2 Å². The highest BCUT2D eigenvalue weighted by Crippen LogP contribution is 2.37. The Balaban J connectivity index is 2.24. The number of carbonyl (C=O) groups excluding carboxylic acids is 2. The number of thiol groups is 1. The maximum atomic E-state index is 12.9. The van der Waals surface area contributed by atoms with Gasteiger partial charge in [-0.15, -0.1) is 12.6 Å². The van der Waals surface area contributed by atoms with Crippen molar-refractivity contribution in [3.8, 4) is 6.07 Å². The van der Waals surface area contributed by atoms with Crippen molar-refractivity contribution in [2.45, 2.75) is 23.9 Å². The predicted octanol–water partition coefficient (Wildman–Crippen LogP) is 3.05. The molecule has 1 atom stereocenters. The highest BCUT2D eigenvalue weighted by Gasteiger charge is 2.39. The quantitative estimate of drug-likeness (QED) is 0.659. The topological polar surface area (TPSA) is 70.0 Å². The molecule has 1 aromatic carbocycles. The zero-order valence-electron chi connectivity index (χ0n) is 11.1. The van der Waals surface area contributed by atoms with Crippen LogP contribution in [0.2, 0.25) is 0 Å². The second-order valence-electron chi connectivity index (χ2n) is 4.96. The van der Waals surface area contributed by atoms with Crippen molar-refractivity contribution in [1.29, 1.82) is 5.26 Å². The summed E-state index contributed by atoms with van der Waals surface area (Å²) in [5, 5.41) is 11.0. The number of anilines is 1. The minimum absolute atomic E-state index is 0.0798. The van der Waals surface area contributed by atoms with Gasteiger partial charge in [0.15, 0.2) is 11.7 Å². The lowest BCUT2D eigenvalue weighted by atomic mass is 10.0. The Kier molecular flexibility index (Phi) is 4.47. The van der Waals surface area contributed by atoms with Gasteiger partial charge in [-0.1, -0.05) is 0 Å². The van der Waals surface area contributed by atoms with Crippen molar-refractivity contribution in [2.75, 3.05) is 5.32 Å². The standard InChI is InChI=1S/C14H11F3N2O2S/c15-14(16,17)10-5-8(22)3-4-11(10)19-13(21)9(6-18)12(20)7-1-2-7/h3-5,7,9,22H,1-2H2,(H,19,21). The molecule has 1 N–H and O–H groups in total. The highest BCUT2D eigenvalue weighted by atomic mass is 32.1. The van der Waals surface area contributed by atoms with Gasteiger partial charge in [-0.3, -0.25) is 9.59 Å². The minimum atomic E-state index is -4.69. The Morgan fingerprint density at radius 3 is 2.50 bits per heavy atom. The Bertz CT molecular complexity index is 663. The number of ketones is 1. The van der Waals surface area contributed by atoms with Crippen molar-refractivity contribution < 1.29 is 22.8 Å². The number of hydrogen-bond acceptors (Lipinski definition) is 4. The summed E-state index contributed by atoms with van der Waals surface area (Å²) in [6.07, 6.45) is -3.48. The fraction of sp³-hybridized carbons (Fsp3) is 0.357. The van der Waals surface area contributed by atoms with Gasteiger partial charge in [-0.05, 0) is 31.0 Å². The summed E-state index contributed by atoms with van der Waals surface area (Å²) in [6, 6.07) is 4.64. The SMILES string of the molecule is N#CC(C(=O)Nc1ccc(S)cc1C(F)(F)F)C(=O)C1CC1. The van der Waals surface area contributed by atoms with Crippen LogP contribution in [-0.2, 0) is 15.8 Å². The smallest absolute Gasteiger partial charge is 0.324 e. The molecule has 0 aliphatic heterocycles. The molecule has 0 aromatic heterocycles.